The minimum absolute atomic E-state index is 0.00801. The second kappa shape index (κ2) is 13.9. The summed E-state index contributed by atoms with van der Waals surface area (Å²) in [4.78, 5) is 4.01. The van der Waals surface area contributed by atoms with Crippen molar-refractivity contribution in [3.63, 3.8) is 0 Å². The van der Waals surface area contributed by atoms with Crippen LogP contribution in [0.3, 0.4) is 0 Å². The zero-order valence-electron chi connectivity index (χ0n) is 27.7. The Morgan fingerprint density at radius 1 is 0.568 bits per heavy atom. The average molecular weight is 620 g/mol. The summed E-state index contributed by atoms with van der Waals surface area (Å²) in [6, 6.07) is 19.1. The highest BCUT2D eigenvalue weighted by atomic mass is 31.1. The molecule has 4 aromatic carbocycles. The molecule has 236 valence electrons. The van der Waals surface area contributed by atoms with Gasteiger partial charge in [-0.3, -0.25) is 9.80 Å². The van der Waals surface area contributed by atoms with Gasteiger partial charge in [0.1, 0.15) is 24.0 Å². The van der Waals surface area contributed by atoms with Crippen LogP contribution in [0.15, 0.2) is 60.7 Å². The van der Waals surface area contributed by atoms with E-state index in [0.29, 0.717) is 33.2 Å². The number of methoxy groups -OCH3 is 2. The summed E-state index contributed by atoms with van der Waals surface area (Å²) in [6.07, 6.45) is -2.12. The van der Waals surface area contributed by atoms with Gasteiger partial charge in [0.05, 0.1) is 25.3 Å². The van der Waals surface area contributed by atoms with E-state index >= 15 is 4.57 Å². The maximum absolute atomic E-state index is 15.1. The fourth-order valence-corrected chi connectivity index (χ4v) is 8.26. The number of rotatable bonds is 12. The molecule has 0 aliphatic heterocycles. The van der Waals surface area contributed by atoms with Crippen molar-refractivity contribution in [2.75, 3.05) is 14.2 Å². The Hall–Kier alpha value is -3.06. The number of benzene rings is 4. The Labute approximate surface area is 263 Å². The molecule has 0 heterocycles. The number of fused-ring (bicyclic) bond motifs is 2. The first-order chi connectivity index (χ1) is 20.8. The first kappa shape index (κ1) is 33.8. The second-order valence-electron chi connectivity index (χ2n) is 12.4. The molecule has 4 aromatic rings. The van der Waals surface area contributed by atoms with Crippen molar-refractivity contribution in [3.05, 3.63) is 71.8 Å². The maximum atomic E-state index is 15.1. The third kappa shape index (κ3) is 6.22. The van der Waals surface area contributed by atoms with E-state index in [1.807, 2.05) is 126 Å². The topological polar surface area (TPSA) is 82.5 Å². The Morgan fingerprint density at radius 3 is 1.20 bits per heavy atom. The van der Waals surface area contributed by atoms with Crippen LogP contribution in [-0.2, 0) is 4.57 Å². The van der Waals surface area contributed by atoms with Crippen molar-refractivity contribution >= 4 is 40.0 Å². The van der Waals surface area contributed by atoms with Gasteiger partial charge in [0.2, 0.25) is 10.6 Å². The molecule has 0 spiro atoms. The van der Waals surface area contributed by atoms with Crippen molar-refractivity contribution in [1.82, 2.24) is 9.80 Å². The summed E-state index contributed by atoms with van der Waals surface area (Å²) in [5.41, 5.74) is 1.10. The van der Waals surface area contributed by atoms with Crippen molar-refractivity contribution in [3.8, 4) is 11.5 Å². The van der Waals surface area contributed by atoms with Gasteiger partial charge in [-0.25, -0.2) is 0 Å². The predicted molar refractivity (Wildman–Crippen MR) is 182 cm³/mol. The fourth-order valence-electron chi connectivity index (χ4n) is 6.69. The highest BCUT2D eigenvalue weighted by molar-refractivity contribution is 7.61. The monoisotopic (exact) mass is 619 g/mol. The van der Waals surface area contributed by atoms with E-state index in [0.717, 1.165) is 21.5 Å². The molecule has 0 aromatic heterocycles. The molecule has 4 rings (SSSR count). The number of hydrogen-bond donors (Lipinski definition) is 2. The molecule has 0 fully saturated rings. The lowest BCUT2D eigenvalue weighted by molar-refractivity contribution is -0.0380. The largest absolute Gasteiger partial charge is 0.496 e. The van der Waals surface area contributed by atoms with E-state index in [4.69, 9.17) is 9.47 Å². The molecule has 8 heteroatoms. The average Bonchev–Trinajstić information content (AvgIpc) is 2.97. The lowest BCUT2D eigenvalue weighted by atomic mass is 10.00. The summed E-state index contributed by atoms with van der Waals surface area (Å²) < 4.78 is 26.7. The van der Waals surface area contributed by atoms with Crippen LogP contribution in [0.1, 0.15) is 79.0 Å². The van der Waals surface area contributed by atoms with Gasteiger partial charge >= 0.3 is 7.80 Å². The normalized spacial score (nSPS) is 14.1. The summed E-state index contributed by atoms with van der Waals surface area (Å²) in [7, 11) is 0.896. The standard InChI is InChI=1S/C36H48N2O5P/c1-21(2)37(22(3)4)35(39)33-29(19-17-25-13-11-15-27(42-9)31(25)33)44(41)30-20-18-26-14-12-16-28(43-10)32(26)34(30)36(40)38(23(5)6)24(7)8/h11-24,35-36,39-40H,1-10H3/q+1/t35-,36+. The molecule has 0 radical (unpaired) electrons. The van der Waals surface area contributed by atoms with Gasteiger partial charge in [0, 0.05) is 34.9 Å². The first-order valence-corrected chi connectivity index (χ1v) is 16.7. The molecule has 0 saturated heterocycles. The first-order valence-electron chi connectivity index (χ1n) is 15.4. The van der Waals surface area contributed by atoms with E-state index in [1.165, 1.54) is 0 Å². The highest BCUT2D eigenvalue weighted by Gasteiger charge is 2.40. The van der Waals surface area contributed by atoms with E-state index in [1.54, 1.807) is 14.2 Å². The third-order valence-electron chi connectivity index (χ3n) is 8.39. The van der Waals surface area contributed by atoms with Crippen LogP contribution in [0.5, 0.6) is 11.5 Å². The molecule has 2 N–H and O–H groups in total. The second-order valence-corrected chi connectivity index (χ2v) is 14.0. The number of ether oxygens (including phenoxy) is 2. The van der Waals surface area contributed by atoms with Gasteiger partial charge < -0.3 is 19.7 Å². The molecule has 1 unspecified atom stereocenters. The van der Waals surface area contributed by atoms with Gasteiger partial charge in [0.25, 0.3) is 0 Å². The summed E-state index contributed by atoms with van der Waals surface area (Å²) in [6.45, 7) is 16.3. The summed E-state index contributed by atoms with van der Waals surface area (Å²) in [5.74, 6) is 1.20. The Bertz CT molecular complexity index is 1500. The summed E-state index contributed by atoms with van der Waals surface area (Å²) in [5, 5.41) is 28.5. The zero-order chi connectivity index (χ0) is 32.5. The van der Waals surface area contributed by atoms with Crippen LogP contribution in [0.4, 0.5) is 0 Å². The van der Waals surface area contributed by atoms with E-state index in [9.17, 15) is 10.2 Å². The Balaban J connectivity index is 2.11. The van der Waals surface area contributed by atoms with Gasteiger partial charge in [0.15, 0.2) is 0 Å². The van der Waals surface area contributed by atoms with E-state index in [2.05, 4.69) is 0 Å². The van der Waals surface area contributed by atoms with E-state index in [-0.39, 0.29) is 24.2 Å². The van der Waals surface area contributed by atoms with Crippen LogP contribution in [0, 0.1) is 0 Å². The molecule has 0 bridgehead atoms. The molecule has 0 aliphatic carbocycles. The molecular formula is C36H48N2O5P+. The molecule has 3 atom stereocenters. The maximum Gasteiger partial charge on any atom is 0.416 e. The zero-order valence-corrected chi connectivity index (χ0v) is 28.6. The smallest absolute Gasteiger partial charge is 0.416 e. The van der Waals surface area contributed by atoms with Crippen molar-refractivity contribution in [2.45, 2.75) is 92.0 Å². The molecule has 44 heavy (non-hydrogen) atoms. The highest BCUT2D eigenvalue weighted by Crippen LogP contribution is 2.42. The SMILES string of the molecule is COc1cccc2ccc([P+](=O)c3ccc4cccc(OC)c4c3[C@H](O)N(C(C)C)C(C)C)c([C@@H](O)N(C(C)C)C(C)C)c12. The van der Waals surface area contributed by atoms with Gasteiger partial charge in [-0.2, -0.15) is 0 Å². The molecular weight excluding hydrogens is 571 g/mol. The molecule has 0 saturated carbocycles. The summed E-state index contributed by atoms with van der Waals surface area (Å²) >= 11 is 0. The van der Waals surface area contributed by atoms with Crippen molar-refractivity contribution in [2.24, 2.45) is 0 Å². The van der Waals surface area contributed by atoms with Crippen molar-refractivity contribution < 1.29 is 24.3 Å². The van der Waals surface area contributed by atoms with Crippen LogP contribution in [0.2, 0.25) is 0 Å². The number of aliphatic hydroxyl groups is 2. The van der Waals surface area contributed by atoms with Crippen molar-refractivity contribution in [1.29, 1.82) is 0 Å². The van der Waals surface area contributed by atoms with Crippen LogP contribution in [-0.4, -0.2) is 58.4 Å². The molecule has 0 aliphatic rings. The van der Waals surface area contributed by atoms with Crippen LogP contribution >= 0.6 is 7.80 Å². The quantitative estimate of drug-likeness (QED) is 0.130. The predicted octanol–water partition coefficient (Wildman–Crippen LogP) is 7.01. The minimum Gasteiger partial charge on any atom is -0.496 e. The van der Waals surface area contributed by atoms with Gasteiger partial charge in [-0.15, -0.1) is 0 Å². The molecule has 0 amide bonds. The number of aliphatic hydroxyl groups excluding tert-OH is 2. The third-order valence-corrected chi connectivity index (χ3v) is 10.0. The van der Waals surface area contributed by atoms with Gasteiger partial charge in [-0.05, 0) is 103 Å². The Kier molecular flexibility index (Phi) is 10.7. The Morgan fingerprint density at radius 2 is 0.909 bits per heavy atom. The van der Waals surface area contributed by atoms with Crippen LogP contribution < -0.4 is 20.1 Å². The lowest BCUT2D eigenvalue weighted by Crippen LogP contribution is -2.42. The van der Waals surface area contributed by atoms with Crippen LogP contribution in [0.25, 0.3) is 21.5 Å². The minimum atomic E-state index is -2.32. The van der Waals surface area contributed by atoms with E-state index < -0.39 is 20.3 Å². The lowest BCUT2D eigenvalue weighted by Gasteiger charge is -2.36. The fraction of sp³-hybridized carbons (Fsp3) is 0.444. The van der Waals surface area contributed by atoms with Gasteiger partial charge in [-0.1, -0.05) is 28.8 Å². The molecule has 7 nitrogen and oxygen atoms in total. The number of hydrogen-bond acceptors (Lipinski definition) is 7. The number of nitrogens with zero attached hydrogens (tertiary/aromatic N) is 2.